The minimum atomic E-state index is -0.823. The number of nitrogens with one attached hydrogen (secondary N) is 4. The van der Waals surface area contributed by atoms with E-state index in [0.29, 0.717) is 11.5 Å². The fourth-order valence-electron chi connectivity index (χ4n) is 1.17. The molecule has 4 amide bonds. The molecule has 0 saturated carbocycles. The van der Waals surface area contributed by atoms with Gasteiger partial charge in [0.15, 0.2) is 0 Å². The van der Waals surface area contributed by atoms with Gasteiger partial charge < -0.3 is 18.9 Å². The Labute approximate surface area is 178 Å². The molecule has 0 radical (unpaired) electrons. The molecule has 8 N–H and O–H groups in total. The third-order valence-electron chi connectivity index (χ3n) is 2.27. The van der Waals surface area contributed by atoms with Crippen molar-refractivity contribution in [2.75, 3.05) is 51.1 Å². The molecule has 0 heterocycles. The average Bonchev–Trinajstić information content (AvgIpc) is 2.74. The predicted octanol–water partition coefficient (Wildman–Crippen LogP) is -1.12. The number of nitrogens with two attached hydrogens (primary N) is 2. The van der Waals surface area contributed by atoms with E-state index in [4.69, 9.17) is 30.8 Å². The van der Waals surface area contributed by atoms with Crippen LogP contribution in [0.15, 0.2) is 0 Å². The van der Waals surface area contributed by atoms with Crippen LogP contribution in [0.2, 0.25) is 0 Å². The molecule has 0 aliphatic heterocycles. The van der Waals surface area contributed by atoms with Crippen molar-refractivity contribution < 1.29 is 47.8 Å². The van der Waals surface area contributed by atoms with Crippen LogP contribution in [-0.4, -0.2) is 75.5 Å². The minimum absolute atomic E-state index is 0.0784. The lowest BCUT2D eigenvalue weighted by Gasteiger charge is -2.08. The molecular formula is C12H24N6O10S2. The second-order valence-electron chi connectivity index (χ2n) is 4.38. The van der Waals surface area contributed by atoms with Crippen molar-refractivity contribution in [1.82, 2.24) is 21.8 Å². The van der Waals surface area contributed by atoms with Crippen LogP contribution in [0.5, 0.6) is 0 Å². The van der Waals surface area contributed by atoms with Crippen LogP contribution in [0.1, 0.15) is 0 Å². The number of carbonyl (C=O) groups excluding carboxylic acids is 4. The van der Waals surface area contributed by atoms with Crippen LogP contribution in [0, 0.1) is 0 Å². The summed E-state index contributed by atoms with van der Waals surface area (Å²) in [5.41, 5.74) is 7.51. The van der Waals surface area contributed by atoms with Crippen molar-refractivity contribution in [2.45, 2.75) is 0 Å². The summed E-state index contributed by atoms with van der Waals surface area (Å²) in [5.74, 6) is 10.6. The van der Waals surface area contributed by atoms with Gasteiger partial charge in [0.05, 0.1) is 0 Å². The molecule has 0 atom stereocenters. The van der Waals surface area contributed by atoms with E-state index in [-0.39, 0.29) is 39.6 Å². The van der Waals surface area contributed by atoms with Crippen molar-refractivity contribution in [3.63, 3.8) is 0 Å². The van der Waals surface area contributed by atoms with Crippen molar-refractivity contribution in [3.8, 4) is 0 Å². The van der Waals surface area contributed by atoms with E-state index in [0.717, 1.165) is 0 Å². The number of carbonyl (C=O) groups is 4. The maximum atomic E-state index is 11.3. The number of hydrazine groups is 2. The molecule has 30 heavy (non-hydrogen) atoms. The van der Waals surface area contributed by atoms with E-state index in [1.54, 1.807) is 10.9 Å². The molecular weight excluding hydrogens is 452 g/mol. The molecule has 0 unspecified atom stereocenters. The van der Waals surface area contributed by atoms with E-state index in [9.17, 15) is 19.2 Å². The highest BCUT2D eigenvalue weighted by Crippen LogP contribution is 2.20. The molecule has 0 aromatic carbocycles. The highest BCUT2D eigenvalue weighted by Gasteiger charge is 2.04. The molecule has 0 fully saturated rings. The summed E-state index contributed by atoms with van der Waals surface area (Å²) in [6.07, 6.45) is -3.23. The van der Waals surface area contributed by atoms with Crippen LogP contribution in [0.25, 0.3) is 0 Å². The summed E-state index contributed by atoms with van der Waals surface area (Å²) in [7, 11) is 2.80. The van der Waals surface area contributed by atoms with Crippen LogP contribution < -0.4 is 33.5 Å². The molecule has 0 spiro atoms. The molecule has 0 aliphatic rings. The van der Waals surface area contributed by atoms with Crippen LogP contribution in [0.4, 0.5) is 19.2 Å². The topological polar surface area (TPSA) is 224 Å². The fourth-order valence-corrected chi connectivity index (χ4v) is 2.82. The third-order valence-corrected chi connectivity index (χ3v) is 4.60. The lowest BCUT2D eigenvalue weighted by atomic mass is 10.8. The Morgan fingerprint density at radius 3 is 1.30 bits per heavy atom. The summed E-state index contributed by atoms with van der Waals surface area (Å²) < 4.78 is 18.7. The molecule has 0 aliphatic carbocycles. The molecule has 174 valence electrons. The Hall–Kier alpha value is -2.38. The molecule has 0 bridgehead atoms. The monoisotopic (exact) mass is 476 g/mol. The number of rotatable bonds is 15. The summed E-state index contributed by atoms with van der Waals surface area (Å²) in [6, 6.07) is 0. The van der Waals surface area contributed by atoms with E-state index in [1.807, 2.05) is 11.0 Å². The van der Waals surface area contributed by atoms with Gasteiger partial charge in [-0.25, -0.2) is 30.9 Å². The van der Waals surface area contributed by atoms with Crippen molar-refractivity contribution in [2.24, 2.45) is 11.7 Å². The number of hydrogen-bond acceptors (Lipinski definition) is 14. The largest absolute Gasteiger partial charge is 0.447 e. The second kappa shape index (κ2) is 19.9. The van der Waals surface area contributed by atoms with Crippen LogP contribution in [0.3, 0.4) is 0 Å². The van der Waals surface area contributed by atoms with Gasteiger partial charge in [-0.05, 0) is 0 Å². The lowest BCUT2D eigenvalue weighted by Crippen LogP contribution is -2.32. The van der Waals surface area contributed by atoms with Crippen molar-refractivity contribution in [1.29, 1.82) is 0 Å². The van der Waals surface area contributed by atoms with E-state index in [1.165, 1.54) is 21.6 Å². The molecule has 18 heteroatoms. The van der Waals surface area contributed by atoms with Crippen LogP contribution in [-0.2, 0) is 28.6 Å². The maximum Gasteiger partial charge on any atom is 0.431 e. The quantitative estimate of drug-likeness (QED) is 0.0411. The number of hydrogen-bond donors (Lipinski definition) is 6. The van der Waals surface area contributed by atoms with Gasteiger partial charge in [0.2, 0.25) is 0 Å². The van der Waals surface area contributed by atoms with E-state index in [2.05, 4.69) is 9.47 Å². The van der Waals surface area contributed by atoms with Crippen molar-refractivity contribution >= 4 is 46.0 Å². The standard InChI is InChI=1S/C12H24N6O10S2/c13-15-9(19)23-1-3-27-17-11(21)25-5-7-29-30-8-6-26-12(22)18-28-4-2-24-10(20)16-14/h1-8,13-14H2,(H,15,19)(H,16,20)(H,17,21)(H,18,22). The summed E-state index contributed by atoms with van der Waals surface area (Å²) in [6.45, 7) is -0.124. The van der Waals surface area contributed by atoms with Gasteiger partial charge in [-0.2, -0.15) is 11.0 Å². The van der Waals surface area contributed by atoms with Gasteiger partial charge >= 0.3 is 24.4 Å². The Balaban J connectivity index is 3.34. The Kier molecular flexibility index (Phi) is 18.3. The molecule has 0 saturated heterocycles. The Bertz CT molecular complexity index is 474. The lowest BCUT2D eigenvalue weighted by molar-refractivity contribution is 0.00827. The number of hydroxylamine groups is 2. The predicted molar refractivity (Wildman–Crippen MR) is 103 cm³/mol. The van der Waals surface area contributed by atoms with Gasteiger partial charge in [-0.1, -0.05) is 21.6 Å². The third kappa shape index (κ3) is 19.0. The number of amides is 4. The SMILES string of the molecule is NNC(=O)OCCONC(=O)OCCSSCCOC(=O)NOCCOC(=O)NN. The molecule has 0 aromatic heterocycles. The second-order valence-corrected chi connectivity index (χ2v) is 7.08. The molecule has 16 nitrogen and oxygen atoms in total. The molecule has 0 aromatic rings. The normalized spacial score (nSPS) is 9.80. The first-order valence-electron chi connectivity index (χ1n) is 8.09. The van der Waals surface area contributed by atoms with E-state index >= 15 is 0 Å². The highest BCUT2D eigenvalue weighted by molar-refractivity contribution is 8.76. The highest BCUT2D eigenvalue weighted by atomic mass is 33.1. The zero-order chi connectivity index (χ0) is 22.5. The van der Waals surface area contributed by atoms with Gasteiger partial charge in [0.1, 0.15) is 39.6 Å². The zero-order valence-corrected chi connectivity index (χ0v) is 17.3. The zero-order valence-electron chi connectivity index (χ0n) is 15.7. The number of ether oxygens (including phenoxy) is 4. The van der Waals surface area contributed by atoms with Gasteiger partial charge in [-0.3, -0.25) is 20.5 Å². The van der Waals surface area contributed by atoms with Gasteiger partial charge in [0, 0.05) is 11.5 Å². The first-order chi connectivity index (χ1) is 14.5. The molecule has 0 rings (SSSR count). The van der Waals surface area contributed by atoms with Crippen LogP contribution >= 0.6 is 21.6 Å². The minimum Gasteiger partial charge on any atom is -0.447 e. The average molecular weight is 476 g/mol. The summed E-state index contributed by atoms with van der Waals surface area (Å²) >= 11 is 0. The van der Waals surface area contributed by atoms with Gasteiger partial charge in [-0.15, -0.1) is 0 Å². The van der Waals surface area contributed by atoms with Crippen molar-refractivity contribution in [3.05, 3.63) is 0 Å². The smallest absolute Gasteiger partial charge is 0.431 e. The fraction of sp³-hybridized carbons (Fsp3) is 0.667. The Morgan fingerprint density at radius 1 is 0.567 bits per heavy atom. The first-order valence-corrected chi connectivity index (χ1v) is 10.6. The Morgan fingerprint density at radius 2 is 0.933 bits per heavy atom. The van der Waals surface area contributed by atoms with Gasteiger partial charge in [0.25, 0.3) is 0 Å². The maximum absolute atomic E-state index is 11.3. The first kappa shape index (κ1) is 27.6. The summed E-state index contributed by atoms with van der Waals surface area (Å²) in [5, 5.41) is 0. The summed E-state index contributed by atoms with van der Waals surface area (Å²) in [4.78, 5) is 53.2. The van der Waals surface area contributed by atoms with E-state index < -0.39 is 24.4 Å².